The van der Waals surface area contributed by atoms with Gasteiger partial charge in [0, 0.05) is 6.54 Å². The van der Waals surface area contributed by atoms with Gasteiger partial charge in [0.1, 0.15) is 5.75 Å². The van der Waals surface area contributed by atoms with E-state index in [1.807, 2.05) is 18.2 Å². The summed E-state index contributed by atoms with van der Waals surface area (Å²) in [5, 5.41) is 0. The van der Waals surface area contributed by atoms with Crippen LogP contribution in [-0.4, -0.2) is 9.55 Å². The van der Waals surface area contributed by atoms with Crippen LogP contribution in [0.2, 0.25) is 0 Å². The Hall–Kier alpha value is -2.29. The minimum Gasteiger partial charge on any atom is -0.483 e. The lowest BCUT2D eigenvalue weighted by molar-refractivity contribution is 0.187. The number of aryl methyl sites for hydroxylation is 2. The van der Waals surface area contributed by atoms with Crippen molar-refractivity contribution < 1.29 is 4.74 Å². The minimum atomic E-state index is -0.0332. The summed E-state index contributed by atoms with van der Waals surface area (Å²) in [7, 11) is 0. The van der Waals surface area contributed by atoms with E-state index in [-0.39, 0.29) is 6.10 Å². The summed E-state index contributed by atoms with van der Waals surface area (Å²) in [6.07, 6.45) is 0.853. The second-order valence-electron chi connectivity index (χ2n) is 5.53. The Kier molecular flexibility index (Phi) is 4.14. The fraction of sp³-hybridized carbons (Fsp3) is 0.316. The molecule has 1 atom stereocenters. The first kappa shape index (κ1) is 14.6. The van der Waals surface area contributed by atoms with Gasteiger partial charge in [-0.15, -0.1) is 0 Å². The molecule has 0 unspecified atom stereocenters. The van der Waals surface area contributed by atoms with Crippen LogP contribution >= 0.6 is 0 Å². The van der Waals surface area contributed by atoms with E-state index in [1.165, 1.54) is 11.1 Å². The van der Waals surface area contributed by atoms with Gasteiger partial charge in [-0.25, -0.2) is 4.98 Å². The quantitative estimate of drug-likeness (QED) is 0.669. The van der Waals surface area contributed by atoms with Gasteiger partial charge in [0.2, 0.25) is 0 Å². The van der Waals surface area contributed by atoms with E-state index in [4.69, 9.17) is 9.72 Å². The number of ether oxygens (including phenoxy) is 1. The highest BCUT2D eigenvalue weighted by Gasteiger charge is 2.19. The molecular formula is C19H22N2O. The zero-order chi connectivity index (χ0) is 15.5. The van der Waals surface area contributed by atoms with Crippen LogP contribution < -0.4 is 4.74 Å². The van der Waals surface area contributed by atoms with Crippen LogP contribution in [0.5, 0.6) is 5.75 Å². The molecule has 22 heavy (non-hydrogen) atoms. The largest absolute Gasteiger partial charge is 0.483 e. The Morgan fingerprint density at radius 1 is 1.09 bits per heavy atom. The molecule has 0 bridgehead atoms. The Morgan fingerprint density at radius 2 is 1.91 bits per heavy atom. The van der Waals surface area contributed by atoms with Gasteiger partial charge < -0.3 is 9.30 Å². The van der Waals surface area contributed by atoms with E-state index in [1.54, 1.807) is 0 Å². The highest BCUT2D eigenvalue weighted by molar-refractivity contribution is 5.76. The molecular weight excluding hydrogens is 272 g/mol. The first-order valence-corrected chi connectivity index (χ1v) is 7.91. The molecule has 0 saturated heterocycles. The van der Waals surface area contributed by atoms with Crippen molar-refractivity contribution in [1.82, 2.24) is 9.55 Å². The van der Waals surface area contributed by atoms with Crippen molar-refractivity contribution in [2.75, 3.05) is 0 Å². The van der Waals surface area contributed by atoms with Crippen LogP contribution in [0.1, 0.15) is 37.8 Å². The summed E-state index contributed by atoms with van der Waals surface area (Å²) in [5.41, 5.74) is 3.41. The third-order valence-electron chi connectivity index (χ3n) is 3.93. The predicted molar refractivity (Wildman–Crippen MR) is 90.2 cm³/mol. The summed E-state index contributed by atoms with van der Waals surface area (Å²) in [5.74, 6) is 1.91. The van der Waals surface area contributed by atoms with Gasteiger partial charge in [0.25, 0.3) is 0 Å². The van der Waals surface area contributed by atoms with Gasteiger partial charge in [0.15, 0.2) is 11.9 Å². The molecule has 114 valence electrons. The lowest BCUT2D eigenvalue weighted by Crippen LogP contribution is -2.13. The third-order valence-corrected chi connectivity index (χ3v) is 3.93. The molecule has 0 saturated carbocycles. The van der Waals surface area contributed by atoms with Crippen molar-refractivity contribution in [3.05, 3.63) is 59.9 Å². The van der Waals surface area contributed by atoms with E-state index in [2.05, 4.69) is 55.7 Å². The van der Waals surface area contributed by atoms with Gasteiger partial charge >= 0.3 is 0 Å². The molecule has 0 aliphatic carbocycles. The molecule has 0 aliphatic heterocycles. The number of rotatable bonds is 5. The van der Waals surface area contributed by atoms with E-state index < -0.39 is 0 Å². The Labute approximate surface area is 131 Å². The standard InChI is InChI=1S/C19H22N2O/c1-4-18(22-15-10-8-9-14(3)13-15)19-20-16-11-6-7-12-17(16)21(19)5-2/h6-13,18H,4-5H2,1-3H3/t18-/m0/s1. The van der Waals surface area contributed by atoms with Gasteiger partial charge in [0.05, 0.1) is 11.0 Å². The third kappa shape index (κ3) is 2.71. The highest BCUT2D eigenvalue weighted by Crippen LogP contribution is 2.27. The number of para-hydroxylation sites is 2. The number of fused-ring (bicyclic) bond motifs is 1. The number of hydrogen-bond donors (Lipinski definition) is 0. The average molecular weight is 294 g/mol. The van der Waals surface area contributed by atoms with Crippen LogP contribution in [0.15, 0.2) is 48.5 Å². The maximum Gasteiger partial charge on any atom is 0.156 e. The summed E-state index contributed by atoms with van der Waals surface area (Å²) >= 11 is 0. The number of hydrogen-bond acceptors (Lipinski definition) is 2. The second kappa shape index (κ2) is 6.22. The van der Waals surface area contributed by atoms with Crippen LogP contribution in [0, 0.1) is 6.92 Å². The van der Waals surface area contributed by atoms with Crippen molar-refractivity contribution in [3.8, 4) is 5.75 Å². The van der Waals surface area contributed by atoms with E-state index in [0.717, 1.165) is 30.1 Å². The van der Waals surface area contributed by atoms with Crippen molar-refractivity contribution in [2.45, 2.75) is 39.8 Å². The van der Waals surface area contributed by atoms with Gasteiger partial charge in [-0.2, -0.15) is 0 Å². The topological polar surface area (TPSA) is 27.1 Å². The molecule has 1 heterocycles. The Bertz CT molecular complexity index is 776. The molecule has 3 nitrogen and oxygen atoms in total. The monoisotopic (exact) mass is 294 g/mol. The maximum atomic E-state index is 6.22. The summed E-state index contributed by atoms with van der Waals surface area (Å²) < 4.78 is 8.47. The average Bonchev–Trinajstić information content (AvgIpc) is 2.91. The first-order valence-electron chi connectivity index (χ1n) is 7.91. The number of imidazole rings is 1. The zero-order valence-corrected chi connectivity index (χ0v) is 13.4. The van der Waals surface area contributed by atoms with Gasteiger partial charge in [-0.3, -0.25) is 0 Å². The molecule has 0 N–H and O–H groups in total. The van der Waals surface area contributed by atoms with Gasteiger partial charge in [-0.05, 0) is 50.1 Å². The van der Waals surface area contributed by atoms with Crippen LogP contribution in [0.3, 0.4) is 0 Å². The molecule has 2 aromatic carbocycles. The van der Waals surface area contributed by atoms with E-state index in [0.29, 0.717) is 0 Å². The SMILES string of the molecule is CC[C@H](Oc1cccc(C)c1)c1nc2ccccc2n1CC. The fourth-order valence-corrected chi connectivity index (χ4v) is 2.84. The smallest absolute Gasteiger partial charge is 0.156 e. The maximum absolute atomic E-state index is 6.22. The molecule has 0 radical (unpaired) electrons. The summed E-state index contributed by atoms with van der Waals surface area (Å²) in [4.78, 5) is 4.81. The minimum absolute atomic E-state index is 0.0332. The fourth-order valence-electron chi connectivity index (χ4n) is 2.84. The number of aromatic nitrogens is 2. The van der Waals surface area contributed by atoms with Crippen molar-refractivity contribution in [2.24, 2.45) is 0 Å². The lowest BCUT2D eigenvalue weighted by Gasteiger charge is -2.18. The molecule has 0 spiro atoms. The number of nitrogens with zero attached hydrogens (tertiary/aromatic N) is 2. The molecule has 0 aliphatic rings. The van der Waals surface area contributed by atoms with Crippen molar-refractivity contribution >= 4 is 11.0 Å². The Morgan fingerprint density at radius 3 is 2.64 bits per heavy atom. The van der Waals surface area contributed by atoms with Crippen molar-refractivity contribution in [3.63, 3.8) is 0 Å². The van der Waals surface area contributed by atoms with Crippen molar-refractivity contribution in [1.29, 1.82) is 0 Å². The Balaban J connectivity index is 2.00. The molecule has 3 rings (SSSR count). The predicted octanol–water partition coefficient (Wildman–Crippen LogP) is 4.89. The van der Waals surface area contributed by atoms with E-state index in [9.17, 15) is 0 Å². The van der Waals surface area contributed by atoms with Gasteiger partial charge in [-0.1, -0.05) is 31.2 Å². The normalized spacial score (nSPS) is 12.5. The molecule has 3 heteroatoms. The summed E-state index contributed by atoms with van der Waals surface area (Å²) in [6, 6.07) is 16.5. The van der Waals surface area contributed by atoms with Crippen LogP contribution in [0.25, 0.3) is 11.0 Å². The zero-order valence-electron chi connectivity index (χ0n) is 13.4. The molecule has 3 aromatic rings. The highest BCUT2D eigenvalue weighted by atomic mass is 16.5. The molecule has 0 fully saturated rings. The lowest BCUT2D eigenvalue weighted by atomic mass is 10.2. The number of benzene rings is 2. The van der Waals surface area contributed by atoms with Crippen LogP contribution in [0.4, 0.5) is 0 Å². The molecule has 0 amide bonds. The molecule has 1 aromatic heterocycles. The summed E-state index contributed by atoms with van der Waals surface area (Å²) in [6.45, 7) is 7.26. The first-order chi connectivity index (χ1) is 10.7. The van der Waals surface area contributed by atoms with E-state index >= 15 is 0 Å². The second-order valence-corrected chi connectivity index (χ2v) is 5.53. The van der Waals surface area contributed by atoms with Crippen LogP contribution in [-0.2, 0) is 6.54 Å².